The van der Waals surface area contributed by atoms with Gasteiger partial charge in [0.25, 0.3) is 5.91 Å². The Kier molecular flexibility index (Phi) is 3.84. The summed E-state index contributed by atoms with van der Waals surface area (Å²) in [6.07, 6.45) is 2.54. The largest absolute Gasteiger partial charge is 0.491 e. The number of nitrogens with one attached hydrogen (secondary N) is 1. The molecule has 0 bridgehead atoms. The second kappa shape index (κ2) is 5.37. The van der Waals surface area contributed by atoms with Gasteiger partial charge < -0.3 is 15.0 Å². The highest BCUT2D eigenvalue weighted by Crippen LogP contribution is 2.13. The summed E-state index contributed by atoms with van der Waals surface area (Å²) in [5, 5.41) is 12.5. The second-order valence-electron chi connectivity index (χ2n) is 4.31. The van der Waals surface area contributed by atoms with E-state index >= 15 is 0 Å². The zero-order valence-corrected chi connectivity index (χ0v) is 10.6. The smallest absolute Gasteiger partial charge is 0.423 e. The number of fused-ring (bicyclic) bond motifs is 1. The average Bonchev–Trinajstić information content (AvgIpc) is 2.38. The van der Waals surface area contributed by atoms with E-state index in [1.165, 1.54) is 0 Å². The van der Waals surface area contributed by atoms with Crippen molar-refractivity contribution in [3.63, 3.8) is 0 Å². The van der Waals surface area contributed by atoms with Gasteiger partial charge in [-0.2, -0.15) is 0 Å². The van der Waals surface area contributed by atoms with Gasteiger partial charge in [0.1, 0.15) is 0 Å². The molecule has 1 heterocycles. The first kappa shape index (κ1) is 12.9. The summed E-state index contributed by atoms with van der Waals surface area (Å²) >= 11 is 0. The molecule has 1 amide bonds. The minimum Gasteiger partial charge on any atom is -0.423 e. The maximum atomic E-state index is 11.7. The van der Waals surface area contributed by atoms with Crippen molar-refractivity contribution in [3.05, 3.63) is 35.4 Å². The molecule has 0 radical (unpaired) electrons. The Balaban J connectivity index is 2.21. The zero-order chi connectivity index (χ0) is 13.1. The van der Waals surface area contributed by atoms with E-state index in [1.807, 2.05) is 19.1 Å². The van der Waals surface area contributed by atoms with Crippen molar-refractivity contribution in [2.24, 2.45) is 0 Å². The lowest BCUT2D eigenvalue weighted by atomic mass is 9.73. The van der Waals surface area contributed by atoms with E-state index in [-0.39, 0.29) is 5.91 Å². The van der Waals surface area contributed by atoms with Crippen molar-refractivity contribution in [1.82, 2.24) is 0 Å². The predicted octanol–water partition coefficient (Wildman–Crippen LogP) is 0.851. The Morgan fingerprint density at radius 3 is 3.06 bits per heavy atom. The number of hydrogen-bond acceptors (Lipinski definition) is 3. The van der Waals surface area contributed by atoms with Crippen LogP contribution in [0.25, 0.3) is 0 Å². The summed E-state index contributed by atoms with van der Waals surface area (Å²) in [6.45, 7) is 4.10. The molecule has 2 N–H and O–H groups in total. The fraction of sp³-hybridized carbons (Fsp3) is 0.308. The Labute approximate surface area is 107 Å². The first-order chi connectivity index (χ1) is 8.61. The van der Waals surface area contributed by atoms with Gasteiger partial charge in [-0.25, -0.2) is 0 Å². The first-order valence-corrected chi connectivity index (χ1v) is 5.98. The molecule has 4 nitrogen and oxygen atoms in total. The molecule has 2 rings (SSSR count). The van der Waals surface area contributed by atoms with E-state index in [0.717, 1.165) is 17.4 Å². The van der Waals surface area contributed by atoms with Crippen molar-refractivity contribution in [2.75, 3.05) is 11.9 Å². The molecule has 1 aliphatic heterocycles. The van der Waals surface area contributed by atoms with Gasteiger partial charge in [0.2, 0.25) is 0 Å². The topological polar surface area (TPSA) is 58.6 Å². The lowest BCUT2D eigenvalue weighted by Gasteiger charge is -2.19. The molecule has 0 fully saturated rings. The predicted molar refractivity (Wildman–Crippen MR) is 71.8 cm³/mol. The molecule has 0 atom stereocenters. The van der Waals surface area contributed by atoms with Crippen LogP contribution >= 0.6 is 0 Å². The zero-order valence-electron chi connectivity index (χ0n) is 10.6. The molecule has 0 aromatic heterocycles. The van der Waals surface area contributed by atoms with Crippen LogP contribution in [0.5, 0.6) is 0 Å². The number of allylic oxidation sites excluding steroid dienone is 1. The Morgan fingerprint density at radius 1 is 1.56 bits per heavy atom. The first-order valence-electron chi connectivity index (χ1n) is 5.98. The van der Waals surface area contributed by atoms with E-state index in [9.17, 15) is 9.82 Å². The molecule has 18 heavy (non-hydrogen) atoms. The van der Waals surface area contributed by atoms with Crippen LogP contribution in [-0.2, 0) is 15.9 Å². The van der Waals surface area contributed by atoms with Gasteiger partial charge in [0.15, 0.2) is 0 Å². The lowest BCUT2D eigenvalue weighted by molar-refractivity contribution is -0.112. The van der Waals surface area contributed by atoms with Gasteiger partial charge in [0, 0.05) is 17.9 Å². The normalized spacial score (nSPS) is 15.3. The third-order valence-corrected chi connectivity index (χ3v) is 3.11. The highest BCUT2D eigenvalue weighted by Gasteiger charge is 2.24. The summed E-state index contributed by atoms with van der Waals surface area (Å²) in [6, 6.07) is 5.53. The molecule has 1 aliphatic rings. The van der Waals surface area contributed by atoms with Crippen LogP contribution in [0.1, 0.15) is 19.4 Å². The van der Waals surface area contributed by atoms with Crippen LogP contribution < -0.4 is 10.8 Å². The average molecular weight is 245 g/mol. The van der Waals surface area contributed by atoms with Gasteiger partial charge >= 0.3 is 7.12 Å². The quantitative estimate of drug-likeness (QED) is 0.600. The molecule has 0 unspecified atom stereocenters. The molecular formula is C13H16BNO3. The number of hydrogen-bond donors (Lipinski definition) is 2. The fourth-order valence-electron chi connectivity index (χ4n) is 1.86. The van der Waals surface area contributed by atoms with E-state index in [1.54, 1.807) is 19.1 Å². The molecule has 0 aliphatic carbocycles. The highest BCUT2D eigenvalue weighted by atomic mass is 16.5. The van der Waals surface area contributed by atoms with Crippen molar-refractivity contribution in [2.45, 2.75) is 20.3 Å². The fourth-order valence-corrected chi connectivity index (χ4v) is 1.86. The standard InChI is InChI=1S/C13H16BNO3/c1-3-9(2)13(16)15-11-5-4-10-6-7-18-14(17)12(10)8-11/h3-5,8,17H,6-7H2,1-2H3,(H,15,16)/b9-3+. The molecule has 5 heteroatoms. The minimum atomic E-state index is -0.895. The number of benzene rings is 1. The highest BCUT2D eigenvalue weighted by molar-refractivity contribution is 6.61. The van der Waals surface area contributed by atoms with Crippen molar-refractivity contribution in [1.29, 1.82) is 0 Å². The summed E-state index contributed by atoms with van der Waals surface area (Å²) in [5.41, 5.74) is 3.13. The Bertz CT molecular complexity index is 499. The van der Waals surface area contributed by atoms with Crippen molar-refractivity contribution >= 4 is 24.2 Å². The van der Waals surface area contributed by atoms with Crippen LogP contribution in [0.3, 0.4) is 0 Å². The second-order valence-corrected chi connectivity index (χ2v) is 4.31. The molecular weight excluding hydrogens is 229 g/mol. The Hall–Kier alpha value is -1.59. The number of carbonyl (C=O) groups is 1. The lowest BCUT2D eigenvalue weighted by Crippen LogP contribution is -2.41. The van der Waals surface area contributed by atoms with E-state index in [4.69, 9.17) is 4.65 Å². The summed E-state index contributed by atoms with van der Waals surface area (Å²) in [5.74, 6) is -0.135. The van der Waals surface area contributed by atoms with Gasteiger partial charge in [-0.05, 0) is 43.4 Å². The van der Waals surface area contributed by atoms with Gasteiger partial charge in [-0.15, -0.1) is 0 Å². The van der Waals surface area contributed by atoms with Crippen LogP contribution in [-0.4, -0.2) is 24.7 Å². The summed E-state index contributed by atoms with van der Waals surface area (Å²) in [4.78, 5) is 11.7. The van der Waals surface area contributed by atoms with Gasteiger partial charge in [-0.3, -0.25) is 4.79 Å². The van der Waals surface area contributed by atoms with Gasteiger partial charge in [-0.1, -0.05) is 12.1 Å². The van der Waals surface area contributed by atoms with Gasteiger partial charge in [0.05, 0.1) is 0 Å². The molecule has 0 saturated carbocycles. The minimum absolute atomic E-state index is 0.135. The summed E-state index contributed by atoms with van der Waals surface area (Å²) < 4.78 is 5.16. The number of carbonyl (C=O) groups excluding carboxylic acids is 1. The van der Waals surface area contributed by atoms with E-state index < -0.39 is 7.12 Å². The van der Waals surface area contributed by atoms with Crippen molar-refractivity contribution < 1.29 is 14.5 Å². The van der Waals surface area contributed by atoms with Crippen LogP contribution in [0.2, 0.25) is 0 Å². The molecule has 0 saturated heterocycles. The van der Waals surface area contributed by atoms with Crippen LogP contribution in [0, 0.1) is 0 Å². The van der Waals surface area contributed by atoms with Crippen LogP contribution in [0.4, 0.5) is 5.69 Å². The third kappa shape index (κ3) is 2.63. The molecule has 1 aromatic rings. The SMILES string of the molecule is C/C=C(\C)C(=O)Nc1ccc2c(c1)B(O)OCC2. The maximum absolute atomic E-state index is 11.7. The third-order valence-electron chi connectivity index (χ3n) is 3.11. The molecule has 0 spiro atoms. The Morgan fingerprint density at radius 2 is 2.33 bits per heavy atom. The number of anilines is 1. The van der Waals surface area contributed by atoms with Crippen molar-refractivity contribution in [3.8, 4) is 0 Å². The van der Waals surface area contributed by atoms with Crippen LogP contribution in [0.15, 0.2) is 29.8 Å². The number of amides is 1. The maximum Gasteiger partial charge on any atom is 0.491 e. The monoisotopic (exact) mass is 245 g/mol. The van der Waals surface area contributed by atoms with E-state index in [0.29, 0.717) is 17.9 Å². The number of rotatable bonds is 2. The molecule has 94 valence electrons. The van der Waals surface area contributed by atoms with E-state index in [2.05, 4.69) is 5.32 Å². The molecule has 1 aromatic carbocycles. The summed E-state index contributed by atoms with van der Waals surface area (Å²) in [7, 11) is -0.895.